The number of carbonyl (C=O) groups is 1. The molecular weight excluding hydrogens is 450 g/mol. The largest absolute Gasteiger partial charge is 0.381 e. The van der Waals surface area contributed by atoms with Gasteiger partial charge in [0.25, 0.3) is 0 Å². The van der Waals surface area contributed by atoms with Crippen molar-refractivity contribution in [2.75, 3.05) is 42.6 Å². The van der Waals surface area contributed by atoms with E-state index in [4.69, 9.17) is 9.72 Å². The monoisotopic (exact) mass is 485 g/mol. The first-order valence-corrected chi connectivity index (χ1v) is 13.3. The lowest BCUT2D eigenvalue weighted by Gasteiger charge is -2.35. The van der Waals surface area contributed by atoms with Crippen molar-refractivity contribution in [3.8, 4) is 11.3 Å². The first-order chi connectivity index (χ1) is 17.6. The maximum Gasteiger partial charge on any atom is 0.230 e. The van der Waals surface area contributed by atoms with E-state index in [1.54, 1.807) is 0 Å². The summed E-state index contributed by atoms with van der Waals surface area (Å²) >= 11 is 0. The van der Waals surface area contributed by atoms with Crippen LogP contribution < -0.4 is 9.80 Å². The molecule has 0 saturated carbocycles. The molecule has 3 aliphatic rings. The Hall–Kier alpha value is -3.19. The van der Waals surface area contributed by atoms with E-state index in [9.17, 15) is 4.79 Å². The van der Waals surface area contributed by atoms with E-state index in [0.29, 0.717) is 12.5 Å². The zero-order chi connectivity index (χ0) is 24.6. The van der Waals surface area contributed by atoms with Crippen molar-refractivity contribution in [3.05, 3.63) is 59.2 Å². The minimum atomic E-state index is 0.0300. The molecule has 2 fully saturated rings. The fourth-order valence-electron chi connectivity index (χ4n) is 5.93. The van der Waals surface area contributed by atoms with Gasteiger partial charge in [-0.05, 0) is 63.8 Å². The average molecular weight is 486 g/mol. The second-order valence-electron chi connectivity index (χ2n) is 10.5. The van der Waals surface area contributed by atoms with Crippen LogP contribution in [0, 0.1) is 19.8 Å². The lowest BCUT2D eigenvalue weighted by Crippen LogP contribution is -2.43. The highest BCUT2D eigenvalue weighted by molar-refractivity contribution is 5.99. The number of aromatic amines is 1. The van der Waals surface area contributed by atoms with Crippen LogP contribution in [-0.2, 0) is 16.0 Å². The third-order valence-electron chi connectivity index (χ3n) is 8.00. The summed E-state index contributed by atoms with van der Waals surface area (Å²) in [4.78, 5) is 31.6. The van der Waals surface area contributed by atoms with Crippen LogP contribution in [-0.4, -0.2) is 53.7 Å². The van der Waals surface area contributed by atoms with E-state index in [1.165, 1.54) is 5.56 Å². The Morgan fingerprint density at radius 1 is 1.00 bits per heavy atom. The molecule has 6 rings (SSSR count). The Kier molecular flexibility index (Phi) is 6.25. The number of amides is 1. The van der Waals surface area contributed by atoms with E-state index >= 15 is 0 Å². The van der Waals surface area contributed by atoms with Crippen LogP contribution in [0.3, 0.4) is 0 Å². The number of aryl methyl sites for hydroxylation is 2. The Bertz CT molecular complexity index is 1250. The van der Waals surface area contributed by atoms with E-state index < -0.39 is 0 Å². The number of nitrogens with one attached hydrogen (secondary N) is 1. The van der Waals surface area contributed by atoms with Crippen molar-refractivity contribution in [2.24, 2.45) is 5.92 Å². The summed E-state index contributed by atoms with van der Waals surface area (Å²) in [6.07, 6.45) is 4.48. The molecule has 188 valence electrons. The predicted octanol–water partition coefficient (Wildman–Crippen LogP) is 4.79. The summed E-state index contributed by atoms with van der Waals surface area (Å²) in [7, 11) is 0. The molecular formula is C29H35N5O2. The smallest absolute Gasteiger partial charge is 0.230 e. The Balaban J connectivity index is 1.23. The summed E-state index contributed by atoms with van der Waals surface area (Å²) < 4.78 is 5.56. The zero-order valence-electron chi connectivity index (χ0n) is 21.3. The standard InChI is InChI=1S/C29H35N5O2/c1-19-6-7-25-23(18-19)27-24(31-28(32-27)21-11-16-36-17-12-21)10-15-34(25)29(35)22-8-13-33(14-9-22)26-5-3-4-20(2)30-26/h3-7,18,21-22H,8-17H2,1-2H3,(H,31,32). The number of benzene rings is 1. The van der Waals surface area contributed by atoms with Crippen LogP contribution in [0.1, 0.15) is 54.4 Å². The highest BCUT2D eigenvalue weighted by Gasteiger charge is 2.33. The van der Waals surface area contributed by atoms with Crippen LogP contribution in [0.5, 0.6) is 0 Å². The van der Waals surface area contributed by atoms with E-state index in [1.807, 2.05) is 17.9 Å². The Morgan fingerprint density at radius 2 is 1.81 bits per heavy atom. The summed E-state index contributed by atoms with van der Waals surface area (Å²) in [6, 6.07) is 12.6. The number of fused-ring (bicyclic) bond motifs is 3. The molecule has 1 N–H and O–H groups in total. The lowest BCUT2D eigenvalue weighted by molar-refractivity contribution is -0.123. The number of aromatic nitrogens is 3. The van der Waals surface area contributed by atoms with E-state index in [2.05, 4.69) is 52.1 Å². The molecule has 1 aromatic carbocycles. The number of imidazole rings is 1. The second kappa shape index (κ2) is 9.69. The topological polar surface area (TPSA) is 74.3 Å². The van der Waals surface area contributed by atoms with Gasteiger partial charge >= 0.3 is 0 Å². The van der Waals surface area contributed by atoms with Crippen molar-refractivity contribution < 1.29 is 9.53 Å². The van der Waals surface area contributed by atoms with Gasteiger partial charge in [-0.2, -0.15) is 0 Å². The number of hydrogen-bond donors (Lipinski definition) is 1. The van der Waals surface area contributed by atoms with Crippen molar-refractivity contribution >= 4 is 17.4 Å². The van der Waals surface area contributed by atoms with Gasteiger partial charge in [-0.1, -0.05) is 17.7 Å². The lowest BCUT2D eigenvalue weighted by atomic mass is 9.94. The molecule has 36 heavy (non-hydrogen) atoms. The first-order valence-electron chi connectivity index (χ1n) is 13.3. The number of carbonyl (C=O) groups excluding carboxylic acids is 1. The summed E-state index contributed by atoms with van der Waals surface area (Å²) in [5.41, 5.74) is 6.50. The van der Waals surface area contributed by atoms with Crippen LogP contribution in [0.15, 0.2) is 36.4 Å². The van der Waals surface area contributed by atoms with Gasteiger partial charge in [-0.3, -0.25) is 4.79 Å². The number of piperidine rings is 1. The first kappa shape index (κ1) is 23.2. The van der Waals surface area contributed by atoms with E-state index in [0.717, 1.165) is 98.4 Å². The zero-order valence-corrected chi connectivity index (χ0v) is 21.3. The predicted molar refractivity (Wildman–Crippen MR) is 142 cm³/mol. The number of hydrogen-bond acceptors (Lipinski definition) is 5. The third kappa shape index (κ3) is 4.41. The minimum Gasteiger partial charge on any atom is -0.381 e. The Labute approximate surface area is 212 Å². The normalized spacial score (nSPS) is 19.1. The molecule has 0 radical (unpaired) electrons. The number of H-pyrrole nitrogens is 1. The number of rotatable bonds is 3. The SMILES string of the molecule is Cc1ccc2c(c1)-c1[nH]c(C3CCOCC3)nc1CCN2C(=O)C1CCN(c2cccc(C)n2)CC1. The van der Waals surface area contributed by atoms with Crippen LogP contribution in [0.2, 0.25) is 0 Å². The molecule has 2 saturated heterocycles. The summed E-state index contributed by atoms with van der Waals surface area (Å²) in [5, 5.41) is 0. The molecule has 3 aliphatic heterocycles. The maximum atomic E-state index is 13.9. The van der Waals surface area contributed by atoms with Gasteiger partial charge in [0.1, 0.15) is 11.6 Å². The van der Waals surface area contributed by atoms with Crippen LogP contribution in [0.25, 0.3) is 11.3 Å². The molecule has 0 atom stereocenters. The summed E-state index contributed by atoms with van der Waals surface area (Å²) in [6.45, 7) is 8.11. The van der Waals surface area contributed by atoms with E-state index in [-0.39, 0.29) is 11.8 Å². The van der Waals surface area contributed by atoms with Crippen LogP contribution in [0.4, 0.5) is 11.5 Å². The molecule has 2 aromatic heterocycles. The summed E-state index contributed by atoms with van der Waals surface area (Å²) in [5.74, 6) is 2.79. The molecule has 0 unspecified atom stereocenters. The molecule has 0 bridgehead atoms. The quantitative estimate of drug-likeness (QED) is 0.578. The van der Waals surface area contributed by atoms with Gasteiger partial charge in [0, 0.05) is 62.4 Å². The van der Waals surface area contributed by atoms with Gasteiger partial charge < -0.3 is 19.5 Å². The molecule has 1 amide bonds. The number of pyridine rings is 1. The number of nitrogens with zero attached hydrogens (tertiary/aromatic N) is 4. The Morgan fingerprint density at radius 3 is 2.58 bits per heavy atom. The van der Waals surface area contributed by atoms with Gasteiger partial charge in [-0.25, -0.2) is 9.97 Å². The molecule has 0 aliphatic carbocycles. The molecule has 5 heterocycles. The molecule has 3 aromatic rings. The van der Waals surface area contributed by atoms with Gasteiger partial charge in [0.05, 0.1) is 17.1 Å². The third-order valence-corrected chi connectivity index (χ3v) is 8.00. The highest BCUT2D eigenvalue weighted by Crippen LogP contribution is 2.39. The van der Waals surface area contributed by atoms with Gasteiger partial charge in [-0.15, -0.1) is 0 Å². The fourth-order valence-corrected chi connectivity index (χ4v) is 5.93. The van der Waals surface area contributed by atoms with Crippen molar-refractivity contribution in [2.45, 2.75) is 51.9 Å². The van der Waals surface area contributed by atoms with Gasteiger partial charge in [0.15, 0.2) is 0 Å². The molecule has 7 heteroatoms. The number of anilines is 2. The highest BCUT2D eigenvalue weighted by atomic mass is 16.5. The molecule has 7 nitrogen and oxygen atoms in total. The minimum absolute atomic E-state index is 0.0300. The average Bonchev–Trinajstić information content (AvgIpc) is 3.28. The van der Waals surface area contributed by atoms with Crippen molar-refractivity contribution in [1.82, 2.24) is 15.0 Å². The second-order valence-corrected chi connectivity index (χ2v) is 10.5. The maximum absolute atomic E-state index is 13.9. The number of ether oxygens (including phenoxy) is 1. The van der Waals surface area contributed by atoms with Gasteiger partial charge in [0.2, 0.25) is 5.91 Å². The van der Waals surface area contributed by atoms with Crippen molar-refractivity contribution in [1.29, 1.82) is 0 Å². The van der Waals surface area contributed by atoms with Crippen LogP contribution >= 0.6 is 0 Å². The van der Waals surface area contributed by atoms with Crippen molar-refractivity contribution in [3.63, 3.8) is 0 Å². The molecule has 0 spiro atoms. The fraction of sp³-hybridized carbons (Fsp3) is 0.483.